The molecule has 0 heterocycles. The molecule has 1 amide bonds. The van der Waals surface area contributed by atoms with Crippen molar-refractivity contribution in [2.75, 3.05) is 39.5 Å². The highest BCUT2D eigenvalue weighted by atomic mass is 32.2. The summed E-state index contributed by atoms with van der Waals surface area (Å²) in [4.78, 5) is 10.6. The SMILES string of the molecule is CC(=O)NCC[N+](C)(C)CCCS(=O)(=O)O. The van der Waals surface area contributed by atoms with E-state index in [0.29, 0.717) is 24.0 Å². The molecule has 0 unspecified atom stereocenters. The Bertz CT molecular complexity index is 324. The maximum atomic E-state index is 10.6. The Morgan fingerprint density at radius 1 is 1.31 bits per heavy atom. The van der Waals surface area contributed by atoms with E-state index in [2.05, 4.69) is 5.32 Å². The summed E-state index contributed by atoms with van der Waals surface area (Å²) in [6.45, 7) is 3.39. The van der Waals surface area contributed by atoms with E-state index in [1.165, 1.54) is 6.92 Å². The lowest BCUT2D eigenvalue weighted by molar-refractivity contribution is -0.889. The number of likely N-dealkylation sites (N-methyl/N-ethyl adjacent to an activating group) is 1. The number of quaternary nitrogens is 1. The maximum absolute atomic E-state index is 10.6. The minimum Gasteiger partial charge on any atom is -0.351 e. The van der Waals surface area contributed by atoms with Crippen molar-refractivity contribution in [1.82, 2.24) is 5.32 Å². The van der Waals surface area contributed by atoms with E-state index in [4.69, 9.17) is 4.55 Å². The lowest BCUT2D eigenvalue weighted by Gasteiger charge is -2.29. The van der Waals surface area contributed by atoms with E-state index >= 15 is 0 Å². The smallest absolute Gasteiger partial charge is 0.265 e. The van der Waals surface area contributed by atoms with Crippen LogP contribution >= 0.6 is 0 Å². The Morgan fingerprint density at radius 3 is 2.31 bits per heavy atom. The molecule has 0 aromatic carbocycles. The van der Waals surface area contributed by atoms with E-state index in [1.54, 1.807) is 0 Å². The van der Waals surface area contributed by atoms with Crippen molar-refractivity contribution in [1.29, 1.82) is 0 Å². The minimum absolute atomic E-state index is 0.0714. The molecule has 7 heteroatoms. The number of hydrogen-bond acceptors (Lipinski definition) is 3. The number of rotatable bonds is 7. The Labute approximate surface area is 97.0 Å². The summed E-state index contributed by atoms with van der Waals surface area (Å²) < 4.78 is 30.2. The molecular formula is C9H21N2O4S+. The molecule has 0 saturated heterocycles. The Hall–Kier alpha value is -0.660. The molecule has 0 fully saturated rings. The molecule has 0 atom stereocenters. The fourth-order valence-electron chi connectivity index (χ4n) is 1.32. The Kier molecular flexibility index (Phi) is 5.91. The van der Waals surface area contributed by atoms with Crippen molar-refractivity contribution < 1.29 is 22.2 Å². The first kappa shape index (κ1) is 15.3. The zero-order valence-corrected chi connectivity index (χ0v) is 10.9. The lowest BCUT2D eigenvalue weighted by Crippen LogP contribution is -2.46. The van der Waals surface area contributed by atoms with Gasteiger partial charge in [0, 0.05) is 13.3 Å². The van der Waals surface area contributed by atoms with E-state index in [1.807, 2.05) is 14.1 Å². The van der Waals surface area contributed by atoms with Gasteiger partial charge in [0.2, 0.25) is 5.91 Å². The monoisotopic (exact) mass is 253 g/mol. The number of nitrogens with zero attached hydrogens (tertiary/aromatic N) is 1. The van der Waals surface area contributed by atoms with Gasteiger partial charge in [0.1, 0.15) is 0 Å². The first-order valence-corrected chi connectivity index (χ1v) is 6.75. The van der Waals surface area contributed by atoms with Crippen molar-refractivity contribution in [2.24, 2.45) is 0 Å². The molecule has 0 aliphatic heterocycles. The summed E-state index contributed by atoms with van der Waals surface area (Å²) in [5, 5.41) is 2.69. The molecule has 0 aliphatic carbocycles. The molecule has 0 aromatic heterocycles. The molecule has 0 saturated carbocycles. The van der Waals surface area contributed by atoms with Gasteiger partial charge in [0.25, 0.3) is 10.1 Å². The van der Waals surface area contributed by atoms with Crippen LogP contribution < -0.4 is 5.32 Å². The molecular weight excluding hydrogens is 232 g/mol. The standard InChI is InChI=1S/C9H20N2O4S/c1-9(12)10-5-7-11(2,3)6-4-8-16(13,14)15/h4-8H2,1-3H3,(H-,10,12,13,14,15)/p+1. The fraction of sp³-hybridized carbons (Fsp3) is 0.889. The molecule has 0 bridgehead atoms. The van der Waals surface area contributed by atoms with Crippen LogP contribution in [0.25, 0.3) is 0 Å². The van der Waals surface area contributed by atoms with Gasteiger partial charge < -0.3 is 9.80 Å². The topological polar surface area (TPSA) is 83.5 Å². The van der Waals surface area contributed by atoms with Gasteiger partial charge in [-0.3, -0.25) is 9.35 Å². The zero-order chi connectivity index (χ0) is 12.8. The number of amides is 1. The van der Waals surface area contributed by atoms with E-state index in [0.717, 1.165) is 6.54 Å². The van der Waals surface area contributed by atoms with Crippen molar-refractivity contribution in [2.45, 2.75) is 13.3 Å². The van der Waals surface area contributed by atoms with Crippen molar-refractivity contribution in [3.8, 4) is 0 Å². The summed E-state index contributed by atoms with van der Waals surface area (Å²) in [6, 6.07) is 0. The van der Waals surface area contributed by atoms with Crippen LogP contribution in [-0.2, 0) is 14.9 Å². The molecule has 0 rings (SSSR count). The molecule has 96 valence electrons. The lowest BCUT2D eigenvalue weighted by atomic mass is 10.3. The highest BCUT2D eigenvalue weighted by Gasteiger charge is 2.16. The summed E-state index contributed by atoms with van der Waals surface area (Å²) >= 11 is 0. The molecule has 0 spiro atoms. The summed E-state index contributed by atoms with van der Waals surface area (Å²) in [7, 11) is 0.0402. The van der Waals surface area contributed by atoms with E-state index in [9.17, 15) is 13.2 Å². The van der Waals surface area contributed by atoms with Crippen LogP contribution in [0.4, 0.5) is 0 Å². The van der Waals surface area contributed by atoms with Crippen LogP contribution in [0.15, 0.2) is 0 Å². The van der Waals surface area contributed by atoms with Crippen LogP contribution in [-0.4, -0.2) is 62.8 Å². The summed E-state index contributed by atoms with van der Waals surface area (Å²) in [5.74, 6) is -0.285. The normalized spacial score (nSPS) is 12.5. The van der Waals surface area contributed by atoms with Crippen LogP contribution in [0.3, 0.4) is 0 Å². The largest absolute Gasteiger partial charge is 0.351 e. The second kappa shape index (κ2) is 6.17. The first-order chi connectivity index (χ1) is 7.12. The number of carbonyl (C=O) groups excluding carboxylic acids is 1. The Balaban J connectivity index is 3.82. The third kappa shape index (κ3) is 9.88. The molecule has 0 aliphatic rings. The predicted molar refractivity (Wildman–Crippen MR) is 61.6 cm³/mol. The van der Waals surface area contributed by atoms with Gasteiger partial charge in [-0.25, -0.2) is 0 Å². The van der Waals surface area contributed by atoms with Crippen molar-refractivity contribution in [3.05, 3.63) is 0 Å². The second-order valence-electron chi connectivity index (χ2n) is 4.51. The highest BCUT2D eigenvalue weighted by molar-refractivity contribution is 7.85. The molecule has 0 aromatic rings. The van der Waals surface area contributed by atoms with E-state index in [-0.39, 0.29) is 11.7 Å². The molecule has 0 radical (unpaired) electrons. The molecule has 6 nitrogen and oxygen atoms in total. The van der Waals surface area contributed by atoms with Gasteiger partial charge in [-0.05, 0) is 0 Å². The quantitative estimate of drug-likeness (QED) is 0.472. The Morgan fingerprint density at radius 2 is 1.88 bits per heavy atom. The minimum atomic E-state index is -3.86. The van der Waals surface area contributed by atoms with E-state index < -0.39 is 10.1 Å². The fourth-order valence-corrected chi connectivity index (χ4v) is 1.82. The van der Waals surface area contributed by atoms with Crippen molar-refractivity contribution >= 4 is 16.0 Å². The molecule has 16 heavy (non-hydrogen) atoms. The van der Waals surface area contributed by atoms with Gasteiger partial charge in [-0.1, -0.05) is 0 Å². The van der Waals surface area contributed by atoms with Crippen molar-refractivity contribution in [3.63, 3.8) is 0 Å². The summed E-state index contributed by atoms with van der Waals surface area (Å²) in [6.07, 6.45) is 0.409. The maximum Gasteiger partial charge on any atom is 0.265 e. The van der Waals surface area contributed by atoms with Gasteiger partial charge in [0.15, 0.2) is 0 Å². The van der Waals surface area contributed by atoms with Crippen LogP contribution in [0, 0.1) is 0 Å². The number of carbonyl (C=O) groups is 1. The number of nitrogens with one attached hydrogen (secondary N) is 1. The predicted octanol–water partition coefficient (Wildman–Crippen LogP) is -0.523. The first-order valence-electron chi connectivity index (χ1n) is 5.14. The van der Waals surface area contributed by atoms with Gasteiger partial charge in [0.05, 0.1) is 39.5 Å². The van der Waals surface area contributed by atoms with Crippen LogP contribution in [0.1, 0.15) is 13.3 Å². The van der Waals surface area contributed by atoms with Gasteiger partial charge in [-0.2, -0.15) is 8.42 Å². The number of hydrogen-bond donors (Lipinski definition) is 2. The van der Waals surface area contributed by atoms with Gasteiger partial charge >= 0.3 is 0 Å². The molecule has 2 N–H and O–H groups in total. The summed E-state index contributed by atoms with van der Waals surface area (Å²) in [5.41, 5.74) is 0. The second-order valence-corrected chi connectivity index (χ2v) is 6.08. The highest BCUT2D eigenvalue weighted by Crippen LogP contribution is 2.00. The average Bonchev–Trinajstić information content (AvgIpc) is 1.99. The third-order valence-corrected chi connectivity index (χ3v) is 3.06. The van der Waals surface area contributed by atoms with Gasteiger partial charge in [-0.15, -0.1) is 0 Å². The zero-order valence-electron chi connectivity index (χ0n) is 10.1. The van der Waals surface area contributed by atoms with Crippen LogP contribution in [0.2, 0.25) is 0 Å². The third-order valence-electron chi connectivity index (χ3n) is 2.26. The average molecular weight is 253 g/mol. The van der Waals surface area contributed by atoms with Crippen LogP contribution in [0.5, 0.6) is 0 Å².